The molecule has 1 aliphatic heterocycles. The number of benzene rings is 1. The fraction of sp³-hybridized carbons (Fsp3) is 0.519. The molecule has 2 aromatic heterocycles. The van der Waals surface area contributed by atoms with E-state index in [2.05, 4.69) is 51.5 Å². The van der Waals surface area contributed by atoms with Crippen LogP contribution in [0, 0.1) is 6.92 Å². The molecule has 0 bridgehead atoms. The Hall–Kier alpha value is -2.98. The van der Waals surface area contributed by atoms with Crippen molar-refractivity contribution in [2.75, 3.05) is 44.2 Å². The van der Waals surface area contributed by atoms with E-state index in [0.29, 0.717) is 18.3 Å². The van der Waals surface area contributed by atoms with E-state index in [-0.39, 0.29) is 5.41 Å². The van der Waals surface area contributed by atoms with Crippen molar-refractivity contribution in [2.45, 2.75) is 50.7 Å². The van der Waals surface area contributed by atoms with Gasteiger partial charge in [-0.25, -0.2) is 4.98 Å². The molecule has 3 heterocycles. The lowest BCUT2D eigenvalue weighted by molar-refractivity contribution is -0.137. The van der Waals surface area contributed by atoms with Crippen LogP contribution in [0.15, 0.2) is 47.1 Å². The Labute approximate surface area is 215 Å². The summed E-state index contributed by atoms with van der Waals surface area (Å²) in [4.78, 5) is 13.1. The number of aromatic nitrogens is 3. The van der Waals surface area contributed by atoms with Crippen LogP contribution in [0.25, 0.3) is 0 Å². The number of anilines is 1. The maximum Gasteiger partial charge on any atom is 0.417 e. The Balaban J connectivity index is 1.08. The van der Waals surface area contributed by atoms with Crippen molar-refractivity contribution in [1.82, 2.24) is 25.3 Å². The number of nitrogens with zero attached hydrogens (tertiary/aromatic N) is 5. The monoisotopic (exact) mass is 514 g/mol. The molecule has 1 saturated heterocycles. The molecule has 0 radical (unpaired) electrons. The minimum atomic E-state index is -4.36. The molecule has 7 nitrogen and oxygen atoms in total. The summed E-state index contributed by atoms with van der Waals surface area (Å²) in [5.74, 6) is 1.98. The van der Waals surface area contributed by atoms with Crippen LogP contribution < -0.4 is 10.2 Å². The number of nitrogens with one attached hydrogen (secondary N) is 1. The first-order valence-electron chi connectivity index (χ1n) is 12.9. The van der Waals surface area contributed by atoms with Gasteiger partial charge in [-0.05, 0) is 37.5 Å². The van der Waals surface area contributed by atoms with Crippen LogP contribution >= 0.6 is 0 Å². The number of hydrogen-bond acceptors (Lipinski definition) is 7. The molecule has 10 heteroatoms. The van der Waals surface area contributed by atoms with Crippen molar-refractivity contribution in [2.24, 2.45) is 0 Å². The fourth-order valence-electron chi connectivity index (χ4n) is 5.39. The molecule has 1 saturated carbocycles. The molecule has 2 fully saturated rings. The molecule has 37 heavy (non-hydrogen) atoms. The van der Waals surface area contributed by atoms with Gasteiger partial charge in [-0.1, -0.05) is 47.8 Å². The molecule has 5 rings (SSSR count). The second-order valence-corrected chi connectivity index (χ2v) is 10.1. The Morgan fingerprint density at radius 2 is 1.73 bits per heavy atom. The zero-order valence-corrected chi connectivity index (χ0v) is 21.1. The number of aryl methyl sites for hydroxylation is 1. The molecule has 1 aromatic carbocycles. The molecular weight excluding hydrogens is 481 g/mol. The summed E-state index contributed by atoms with van der Waals surface area (Å²) >= 11 is 0. The van der Waals surface area contributed by atoms with Gasteiger partial charge in [0.25, 0.3) is 0 Å². The lowest BCUT2D eigenvalue weighted by Gasteiger charge is -2.35. The van der Waals surface area contributed by atoms with E-state index in [0.717, 1.165) is 83.0 Å². The van der Waals surface area contributed by atoms with Gasteiger partial charge in [0.15, 0.2) is 5.82 Å². The first-order valence-corrected chi connectivity index (χ1v) is 12.9. The SMILES string of the molecule is Cc1ccc(C2(c3noc(CNCCN4CCN(c5ccc(C(F)(F)F)cn5)CC4)n3)CCCC2)cc1. The van der Waals surface area contributed by atoms with Gasteiger partial charge in [-0.2, -0.15) is 18.2 Å². The normalized spacial score (nSPS) is 18.4. The Morgan fingerprint density at radius 3 is 2.38 bits per heavy atom. The van der Waals surface area contributed by atoms with Crippen molar-refractivity contribution in [3.63, 3.8) is 0 Å². The van der Waals surface area contributed by atoms with Crippen molar-refractivity contribution >= 4 is 5.82 Å². The quantitative estimate of drug-likeness (QED) is 0.442. The summed E-state index contributed by atoms with van der Waals surface area (Å²) in [6, 6.07) is 11.2. The highest BCUT2D eigenvalue weighted by atomic mass is 19.4. The maximum atomic E-state index is 12.8. The fourth-order valence-corrected chi connectivity index (χ4v) is 5.39. The van der Waals surface area contributed by atoms with Crippen LogP contribution in [0.3, 0.4) is 0 Å². The Bertz CT molecular complexity index is 1150. The zero-order chi connectivity index (χ0) is 25.9. The molecule has 198 valence electrons. The molecule has 0 amide bonds. The second kappa shape index (κ2) is 10.8. The molecule has 0 unspecified atom stereocenters. The van der Waals surface area contributed by atoms with E-state index >= 15 is 0 Å². The maximum absolute atomic E-state index is 12.8. The summed E-state index contributed by atoms with van der Waals surface area (Å²) < 4.78 is 43.9. The van der Waals surface area contributed by atoms with E-state index in [9.17, 15) is 13.2 Å². The molecule has 0 atom stereocenters. The summed E-state index contributed by atoms with van der Waals surface area (Å²) in [6.07, 6.45) is 0.951. The minimum absolute atomic E-state index is 0.156. The summed E-state index contributed by atoms with van der Waals surface area (Å²) in [5, 5.41) is 7.79. The van der Waals surface area contributed by atoms with Crippen LogP contribution in [-0.2, 0) is 18.1 Å². The van der Waals surface area contributed by atoms with Gasteiger partial charge >= 0.3 is 6.18 Å². The van der Waals surface area contributed by atoms with Gasteiger partial charge in [-0.3, -0.25) is 4.90 Å². The Kier molecular flexibility index (Phi) is 7.48. The van der Waals surface area contributed by atoms with Gasteiger partial charge < -0.3 is 14.7 Å². The van der Waals surface area contributed by atoms with Crippen molar-refractivity contribution in [1.29, 1.82) is 0 Å². The second-order valence-electron chi connectivity index (χ2n) is 10.1. The van der Waals surface area contributed by atoms with Gasteiger partial charge in [0.05, 0.1) is 17.5 Å². The average Bonchev–Trinajstić information content (AvgIpc) is 3.58. The van der Waals surface area contributed by atoms with E-state index in [1.807, 2.05) is 4.90 Å². The third kappa shape index (κ3) is 5.80. The van der Waals surface area contributed by atoms with E-state index in [1.54, 1.807) is 0 Å². The van der Waals surface area contributed by atoms with Gasteiger partial charge in [0.1, 0.15) is 5.82 Å². The predicted molar refractivity (Wildman–Crippen MR) is 134 cm³/mol. The van der Waals surface area contributed by atoms with E-state index < -0.39 is 11.7 Å². The third-order valence-corrected chi connectivity index (χ3v) is 7.61. The highest BCUT2D eigenvalue weighted by Crippen LogP contribution is 2.45. The lowest BCUT2D eigenvalue weighted by Crippen LogP contribution is -2.48. The zero-order valence-electron chi connectivity index (χ0n) is 21.1. The van der Waals surface area contributed by atoms with Gasteiger partial charge in [0.2, 0.25) is 5.89 Å². The van der Waals surface area contributed by atoms with Gasteiger partial charge in [0, 0.05) is 45.5 Å². The van der Waals surface area contributed by atoms with Crippen molar-refractivity contribution < 1.29 is 17.7 Å². The molecule has 2 aliphatic rings. The number of piperazine rings is 1. The predicted octanol–water partition coefficient (Wildman–Crippen LogP) is 4.56. The summed E-state index contributed by atoms with van der Waals surface area (Å²) in [5.41, 5.74) is 1.63. The molecule has 1 aliphatic carbocycles. The lowest BCUT2D eigenvalue weighted by atomic mass is 9.78. The molecule has 1 N–H and O–H groups in total. The highest BCUT2D eigenvalue weighted by Gasteiger charge is 2.41. The first kappa shape index (κ1) is 25.7. The van der Waals surface area contributed by atoms with Crippen LogP contribution in [-0.4, -0.2) is 59.3 Å². The van der Waals surface area contributed by atoms with E-state index in [1.165, 1.54) is 17.2 Å². The number of alkyl halides is 3. The number of hydrogen-bond donors (Lipinski definition) is 1. The van der Waals surface area contributed by atoms with Gasteiger partial charge in [-0.15, -0.1) is 0 Å². The third-order valence-electron chi connectivity index (χ3n) is 7.61. The number of halogens is 3. The van der Waals surface area contributed by atoms with Crippen molar-refractivity contribution in [3.8, 4) is 0 Å². The van der Waals surface area contributed by atoms with Crippen LogP contribution in [0.4, 0.5) is 19.0 Å². The van der Waals surface area contributed by atoms with Crippen molar-refractivity contribution in [3.05, 3.63) is 71.0 Å². The smallest absolute Gasteiger partial charge is 0.354 e. The number of pyridine rings is 1. The molecule has 0 spiro atoms. The average molecular weight is 515 g/mol. The minimum Gasteiger partial charge on any atom is -0.354 e. The first-order chi connectivity index (χ1) is 17.8. The standard InChI is InChI=1S/C27H33F3N6O/c1-20-4-6-21(7-5-20)26(10-2-3-11-26)25-33-24(37-34-25)19-31-12-13-35-14-16-36(17-15-35)23-9-8-22(18-32-23)27(28,29)30/h4-9,18,31H,2-3,10-17,19H2,1H3. The highest BCUT2D eigenvalue weighted by molar-refractivity contribution is 5.40. The van der Waals surface area contributed by atoms with Crippen LogP contribution in [0.1, 0.15) is 54.1 Å². The largest absolute Gasteiger partial charge is 0.417 e. The molecule has 3 aromatic rings. The van der Waals surface area contributed by atoms with E-state index in [4.69, 9.17) is 9.51 Å². The number of rotatable bonds is 8. The summed E-state index contributed by atoms with van der Waals surface area (Å²) in [7, 11) is 0. The van der Waals surface area contributed by atoms with Crippen LogP contribution in [0.5, 0.6) is 0 Å². The topological polar surface area (TPSA) is 70.3 Å². The van der Waals surface area contributed by atoms with Crippen LogP contribution in [0.2, 0.25) is 0 Å². The Morgan fingerprint density at radius 1 is 1.00 bits per heavy atom. The molecular formula is C27H33F3N6O. The summed E-state index contributed by atoms with van der Waals surface area (Å²) in [6.45, 7) is 7.37.